The first-order chi connectivity index (χ1) is 14.6. The molecule has 1 saturated heterocycles. The fraction of sp³-hybridized carbons (Fsp3) is 0.167. The number of hydrogen-bond donors (Lipinski definition) is 0. The first-order valence-corrected chi connectivity index (χ1v) is 11.4. The lowest BCUT2D eigenvalue weighted by Crippen LogP contribution is -2.24. The summed E-state index contributed by atoms with van der Waals surface area (Å²) in [6.07, 6.45) is 0.467. The molecule has 2 heterocycles. The molecule has 1 aromatic heterocycles. The maximum Gasteiger partial charge on any atom is 0.227 e. The van der Waals surface area contributed by atoms with Gasteiger partial charge in [0.05, 0.1) is 11.0 Å². The minimum Gasteiger partial charge on any atom is -0.323 e. The fourth-order valence-corrected chi connectivity index (χ4v) is 5.00. The summed E-state index contributed by atoms with van der Waals surface area (Å²) >= 11 is 7.08. The lowest BCUT2D eigenvalue weighted by Gasteiger charge is -2.18. The van der Waals surface area contributed by atoms with E-state index in [-0.39, 0.29) is 11.8 Å². The maximum atomic E-state index is 12.9. The highest BCUT2D eigenvalue weighted by molar-refractivity contribution is 9.10. The Morgan fingerprint density at radius 1 is 0.933 bits per heavy atom. The Balaban J connectivity index is 1.53. The third kappa shape index (κ3) is 3.70. The summed E-state index contributed by atoms with van der Waals surface area (Å²) in [5, 5.41) is 0. The summed E-state index contributed by atoms with van der Waals surface area (Å²) in [6, 6.07) is 24.4. The molecule has 0 saturated carbocycles. The molecule has 1 fully saturated rings. The predicted molar refractivity (Wildman–Crippen MR) is 127 cm³/mol. The Kier molecular flexibility index (Phi) is 5.21. The second-order valence-electron chi connectivity index (χ2n) is 7.56. The van der Waals surface area contributed by atoms with Gasteiger partial charge in [-0.3, -0.25) is 4.79 Å². The number of anilines is 1. The third-order valence-electron chi connectivity index (χ3n) is 5.52. The number of carbonyl (C=O) groups excluding carboxylic acids is 1. The van der Waals surface area contributed by atoms with Crippen LogP contribution in [0.15, 0.2) is 81.7 Å². The summed E-state index contributed by atoms with van der Waals surface area (Å²) in [6.45, 7) is 1.36. The van der Waals surface area contributed by atoms with E-state index < -0.39 is 0 Å². The molecule has 0 bridgehead atoms. The molecule has 30 heavy (non-hydrogen) atoms. The molecule has 3 aromatic carbocycles. The van der Waals surface area contributed by atoms with Crippen LogP contribution in [0.3, 0.4) is 0 Å². The SMILES string of the molecule is O=C1CC(c2nc3ccccc3n2Cc2cccc(Br)c2)CN1c1cccc(Br)c1. The van der Waals surface area contributed by atoms with Crippen LogP contribution in [-0.2, 0) is 11.3 Å². The van der Waals surface area contributed by atoms with E-state index in [4.69, 9.17) is 4.98 Å². The van der Waals surface area contributed by atoms with Gasteiger partial charge in [0, 0.05) is 40.1 Å². The molecule has 1 aliphatic rings. The Morgan fingerprint density at radius 3 is 2.50 bits per heavy atom. The van der Waals surface area contributed by atoms with Crippen molar-refractivity contribution in [2.24, 2.45) is 0 Å². The average molecular weight is 525 g/mol. The number of aromatic nitrogens is 2. The van der Waals surface area contributed by atoms with Gasteiger partial charge in [0.25, 0.3) is 0 Å². The Morgan fingerprint density at radius 2 is 1.70 bits per heavy atom. The smallest absolute Gasteiger partial charge is 0.227 e. The Labute approximate surface area is 191 Å². The molecule has 0 radical (unpaired) electrons. The lowest BCUT2D eigenvalue weighted by atomic mass is 10.1. The number of para-hydroxylation sites is 2. The number of fused-ring (bicyclic) bond motifs is 1. The standard InChI is InChI=1S/C24H19Br2N3O/c25-18-6-3-5-16(11-18)14-29-22-10-2-1-9-21(22)27-24(29)17-12-23(30)28(15-17)20-8-4-7-19(26)13-20/h1-11,13,17H,12,14-15H2. The van der Waals surface area contributed by atoms with E-state index in [0.717, 1.165) is 38.0 Å². The molecule has 4 aromatic rings. The van der Waals surface area contributed by atoms with Crippen molar-refractivity contribution in [2.75, 3.05) is 11.4 Å². The van der Waals surface area contributed by atoms with Crippen molar-refractivity contribution in [1.29, 1.82) is 0 Å². The highest BCUT2D eigenvalue weighted by Crippen LogP contribution is 2.34. The summed E-state index contributed by atoms with van der Waals surface area (Å²) in [4.78, 5) is 19.7. The van der Waals surface area contributed by atoms with Crippen molar-refractivity contribution >= 4 is 54.5 Å². The number of imidazole rings is 1. The molecular formula is C24H19Br2N3O. The molecule has 1 atom stereocenters. The van der Waals surface area contributed by atoms with Gasteiger partial charge in [-0.2, -0.15) is 0 Å². The average Bonchev–Trinajstić information content (AvgIpc) is 3.29. The van der Waals surface area contributed by atoms with E-state index in [2.05, 4.69) is 54.6 Å². The second-order valence-corrected chi connectivity index (χ2v) is 9.39. The van der Waals surface area contributed by atoms with E-state index >= 15 is 0 Å². The Hall–Kier alpha value is -2.44. The van der Waals surface area contributed by atoms with Gasteiger partial charge in [-0.05, 0) is 48.0 Å². The number of halogens is 2. The number of benzene rings is 3. The van der Waals surface area contributed by atoms with Crippen LogP contribution < -0.4 is 4.90 Å². The van der Waals surface area contributed by atoms with Crippen LogP contribution in [0.2, 0.25) is 0 Å². The molecule has 6 heteroatoms. The highest BCUT2D eigenvalue weighted by Gasteiger charge is 2.34. The minimum atomic E-state index is 0.0519. The lowest BCUT2D eigenvalue weighted by molar-refractivity contribution is -0.117. The largest absolute Gasteiger partial charge is 0.323 e. The molecule has 5 rings (SSSR count). The summed E-state index contributed by atoms with van der Waals surface area (Å²) < 4.78 is 4.29. The molecule has 4 nitrogen and oxygen atoms in total. The van der Waals surface area contributed by atoms with Gasteiger partial charge in [0.15, 0.2) is 0 Å². The first-order valence-electron chi connectivity index (χ1n) is 9.84. The van der Waals surface area contributed by atoms with Crippen LogP contribution in [0.25, 0.3) is 11.0 Å². The van der Waals surface area contributed by atoms with Crippen molar-refractivity contribution in [3.05, 3.63) is 93.1 Å². The number of carbonyl (C=O) groups is 1. The van der Waals surface area contributed by atoms with Gasteiger partial charge in [-0.1, -0.05) is 62.2 Å². The van der Waals surface area contributed by atoms with Gasteiger partial charge < -0.3 is 9.47 Å². The van der Waals surface area contributed by atoms with Gasteiger partial charge in [-0.25, -0.2) is 4.98 Å². The van der Waals surface area contributed by atoms with Crippen LogP contribution >= 0.6 is 31.9 Å². The quantitative estimate of drug-likeness (QED) is 0.322. The summed E-state index contributed by atoms with van der Waals surface area (Å²) in [7, 11) is 0. The molecule has 1 unspecified atom stereocenters. The molecule has 1 aliphatic heterocycles. The maximum absolute atomic E-state index is 12.9. The van der Waals surface area contributed by atoms with Crippen LogP contribution in [0.5, 0.6) is 0 Å². The van der Waals surface area contributed by atoms with E-state index in [0.29, 0.717) is 13.0 Å². The minimum absolute atomic E-state index is 0.0519. The van der Waals surface area contributed by atoms with Gasteiger partial charge in [0.1, 0.15) is 5.82 Å². The number of hydrogen-bond acceptors (Lipinski definition) is 2. The number of rotatable bonds is 4. The summed E-state index contributed by atoms with van der Waals surface area (Å²) in [5.74, 6) is 1.16. The third-order valence-corrected chi connectivity index (χ3v) is 6.51. The zero-order valence-corrected chi connectivity index (χ0v) is 19.3. The summed E-state index contributed by atoms with van der Waals surface area (Å²) in [5.41, 5.74) is 4.19. The van der Waals surface area contributed by atoms with Crippen LogP contribution in [0.1, 0.15) is 23.7 Å². The van der Waals surface area contributed by atoms with Gasteiger partial charge in [0.2, 0.25) is 5.91 Å². The van der Waals surface area contributed by atoms with Crippen molar-refractivity contribution in [3.63, 3.8) is 0 Å². The normalized spacial score (nSPS) is 16.5. The molecule has 0 aliphatic carbocycles. The molecule has 0 spiro atoms. The van der Waals surface area contributed by atoms with E-state index in [1.165, 1.54) is 5.56 Å². The molecule has 1 amide bonds. The van der Waals surface area contributed by atoms with Crippen molar-refractivity contribution in [1.82, 2.24) is 9.55 Å². The molecule has 150 valence electrons. The van der Waals surface area contributed by atoms with Gasteiger partial charge >= 0.3 is 0 Å². The van der Waals surface area contributed by atoms with E-state index in [1.54, 1.807) is 0 Å². The highest BCUT2D eigenvalue weighted by atomic mass is 79.9. The predicted octanol–water partition coefficient (Wildman–Crippen LogP) is 6.13. The second kappa shape index (κ2) is 8.00. The first kappa shape index (κ1) is 19.5. The van der Waals surface area contributed by atoms with Crippen molar-refractivity contribution < 1.29 is 4.79 Å². The number of amides is 1. The number of nitrogens with zero attached hydrogens (tertiary/aromatic N) is 3. The topological polar surface area (TPSA) is 38.1 Å². The van der Waals surface area contributed by atoms with Gasteiger partial charge in [-0.15, -0.1) is 0 Å². The van der Waals surface area contributed by atoms with E-state index in [9.17, 15) is 4.79 Å². The van der Waals surface area contributed by atoms with Crippen LogP contribution in [0.4, 0.5) is 5.69 Å². The van der Waals surface area contributed by atoms with Crippen LogP contribution in [-0.4, -0.2) is 22.0 Å². The van der Waals surface area contributed by atoms with Crippen molar-refractivity contribution in [3.8, 4) is 0 Å². The van der Waals surface area contributed by atoms with E-state index in [1.807, 2.05) is 59.5 Å². The molecule has 0 N–H and O–H groups in total. The Bertz CT molecular complexity index is 1250. The zero-order chi connectivity index (χ0) is 20.7. The zero-order valence-electron chi connectivity index (χ0n) is 16.1. The van der Waals surface area contributed by atoms with Crippen molar-refractivity contribution in [2.45, 2.75) is 18.9 Å². The fourth-order valence-electron chi connectivity index (χ4n) is 4.16. The van der Waals surface area contributed by atoms with Crippen LogP contribution in [0, 0.1) is 0 Å². The molecular weight excluding hydrogens is 506 g/mol. The monoisotopic (exact) mass is 523 g/mol.